The largest absolute Gasteiger partial charge is 0.342 e. The summed E-state index contributed by atoms with van der Waals surface area (Å²) in [4.78, 5) is 27.6. The highest BCUT2D eigenvalue weighted by Gasteiger charge is 2.46. The minimum absolute atomic E-state index is 0.00323. The van der Waals surface area contributed by atoms with Crippen LogP contribution in [0.4, 0.5) is 0 Å². The molecule has 1 saturated carbocycles. The van der Waals surface area contributed by atoms with Gasteiger partial charge in [0, 0.05) is 35.9 Å². The van der Waals surface area contributed by atoms with E-state index in [0.29, 0.717) is 30.5 Å². The van der Waals surface area contributed by atoms with E-state index in [1.54, 1.807) is 9.58 Å². The Labute approximate surface area is 193 Å². The fourth-order valence-electron chi connectivity index (χ4n) is 5.40. The van der Waals surface area contributed by atoms with Gasteiger partial charge in [-0.05, 0) is 37.0 Å². The summed E-state index contributed by atoms with van der Waals surface area (Å²) in [5.74, 6) is 0.656. The number of hydrogen-bond acceptors (Lipinski definition) is 4. The van der Waals surface area contributed by atoms with Gasteiger partial charge in [0.05, 0.1) is 11.9 Å². The molecule has 1 aromatic heterocycles. The lowest BCUT2D eigenvalue weighted by molar-refractivity contribution is -0.147. The van der Waals surface area contributed by atoms with Crippen LogP contribution >= 0.6 is 11.6 Å². The van der Waals surface area contributed by atoms with E-state index < -0.39 is 0 Å². The standard InChI is InChI=1S/C24H30ClN5O2/c25-18-7-4-8-20(10-18)30-14-17(13-27-30)12-26-19-11-22-23(31)28-21(24(32)29(22)15-19)9-16-5-2-1-3-6-16/h4,7-8,10,13-14,16,19,21-22,26H,1-3,5-6,9,11-12,15H2,(H,28,31)/t19-,21-,22-/m0/s1. The quantitative estimate of drug-likeness (QED) is 0.701. The highest BCUT2D eigenvalue weighted by Crippen LogP contribution is 2.30. The molecule has 1 aromatic carbocycles. The molecule has 0 spiro atoms. The summed E-state index contributed by atoms with van der Waals surface area (Å²) in [7, 11) is 0. The van der Waals surface area contributed by atoms with Crippen molar-refractivity contribution >= 4 is 23.4 Å². The van der Waals surface area contributed by atoms with Crippen LogP contribution in [-0.2, 0) is 16.1 Å². The van der Waals surface area contributed by atoms with Gasteiger partial charge in [0.25, 0.3) is 0 Å². The fourth-order valence-corrected chi connectivity index (χ4v) is 5.58. The molecule has 2 aromatic rings. The number of benzene rings is 1. The molecule has 3 aliphatic rings. The molecule has 5 rings (SSSR count). The topological polar surface area (TPSA) is 79.3 Å². The summed E-state index contributed by atoms with van der Waals surface area (Å²) in [6, 6.07) is 6.96. The summed E-state index contributed by atoms with van der Waals surface area (Å²) in [5, 5.41) is 11.6. The number of nitrogens with zero attached hydrogens (tertiary/aromatic N) is 3. The Bertz CT molecular complexity index is 986. The fraction of sp³-hybridized carbons (Fsp3) is 0.542. The predicted molar refractivity (Wildman–Crippen MR) is 122 cm³/mol. The van der Waals surface area contributed by atoms with E-state index in [4.69, 9.17) is 11.6 Å². The van der Waals surface area contributed by atoms with Gasteiger partial charge in [-0.2, -0.15) is 5.10 Å². The Morgan fingerprint density at radius 2 is 2.03 bits per heavy atom. The second-order valence-electron chi connectivity index (χ2n) is 9.39. The third-order valence-corrected chi connectivity index (χ3v) is 7.33. The van der Waals surface area contributed by atoms with Crippen molar-refractivity contribution in [3.63, 3.8) is 0 Å². The molecular weight excluding hydrogens is 426 g/mol. The number of nitrogens with one attached hydrogen (secondary N) is 2. The van der Waals surface area contributed by atoms with Gasteiger partial charge in [0.1, 0.15) is 12.1 Å². The van der Waals surface area contributed by atoms with Crippen LogP contribution in [0.2, 0.25) is 5.02 Å². The molecule has 2 saturated heterocycles. The first-order chi connectivity index (χ1) is 15.6. The number of carbonyl (C=O) groups excluding carboxylic acids is 2. The molecule has 0 radical (unpaired) electrons. The summed E-state index contributed by atoms with van der Waals surface area (Å²) in [6.07, 6.45) is 11.4. The Hall–Kier alpha value is -2.38. The highest BCUT2D eigenvalue weighted by molar-refractivity contribution is 6.30. The van der Waals surface area contributed by atoms with Gasteiger partial charge in [-0.25, -0.2) is 4.68 Å². The Balaban J connectivity index is 1.17. The van der Waals surface area contributed by atoms with E-state index in [1.807, 2.05) is 36.7 Å². The van der Waals surface area contributed by atoms with Crippen molar-refractivity contribution < 1.29 is 9.59 Å². The van der Waals surface area contributed by atoms with E-state index in [-0.39, 0.29) is 29.9 Å². The molecule has 170 valence electrons. The number of piperazine rings is 1. The summed E-state index contributed by atoms with van der Waals surface area (Å²) in [5.41, 5.74) is 1.95. The number of rotatable bonds is 6. The van der Waals surface area contributed by atoms with Crippen LogP contribution < -0.4 is 10.6 Å². The van der Waals surface area contributed by atoms with Gasteiger partial charge in [0.15, 0.2) is 0 Å². The lowest BCUT2D eigenvalue weighted by Gasteiger charge is -2.36. The zero-order chi connectivity index (χ0) is 22.1. The van der Waals surface area contributed by atoms with Crippen LogP contribution in [0, 0.1) is 5.92 Å². The molecule has 3 atom stereocenters. The molecule has 3 fully saturated rings. The third kappa shape index (κ3) is 4.55. The molecule has 3 heterocycles. The number of hydrogen-bond donors (Lipinski definition) is 2. The maximum Gasteiger partial charge on any atom is 0.245 e. The van der Waals surface area contributed by atoms with Gasteiger partial charge in [0.2, 0.25) is 11.8 Å². The second-order valence-corrected chi connectivity index (χ2v) is 9.83. The first-order valence-electron chi connectivity index (χ1n) is 11.7. The molecule has 2 amide bonds. The van der Waals surface area contributed by atoms with Gasteiger partial charge in [-0.1, -0.05) is 49.8 Å². The smallest absolute Gasteiger partial charge is 0.245 e. The maximum absolute atomic E-state index is 13.1. The zero-order valence-electron chi connectivity index (χ0n) is 18.2. The molecule has 7 nitrogen and oxygen atoms in total. The Morgan fingerprint density at radius 3 is 2.84 bits per heavy atom. The van der Waals surface area contributed by atoms with Crippen molar-refractivity contribution in [1.29, 1.82) is 0 Å². The number of amides is 2. The third-order valence-electron chi connectivity index (χ3n) is 7.10. The van der Waals surface area contributed by atoms with Crippen molar-refractivity contribution in [2.24, 2.45) is 5.92 Å². The predicted octanol–water partition coefficient (Wildman–Crippen LogP) is 3.05. The van der Waals surface area contributed by atoms with Gasteiger partial charge in [-0.3, -0.25) is 9.59 Å². The summed E-state index contributed by atoms with van der Waals surface area (Å²) < 4.78 is 1.80. The van der Waals surface area contributed by atoms with Gasteiger partial charge in [-0.15, -0.1) is 0 Å². The SMILES string of the molecule is O=C1N[C@@H](CC2CCCCC2)C(=O)N2C[C@@H](NCc3cnn(-c4cccc(Cl)c4)c3)C[C@@H]12. The van der Waals surface area contributed by atoms with Gasteiger partial charge >= 0.3 is 0 Å². The van der Waals surface area contributed by atoms with Crippen molar-refractivity contribution in [1.82, 2.24) is 25.3 Å². The first-order valence-corrected chi connectivity index (χ1v) is 12.1. The number of carbonyl (C=O) groups is 2. The average molecular weight is 456 g/mol. The Morgan fingerprint density at radius 1 is 1.19 bits per heavy atom. The van der Waals surface area contributed by atoms with E-state index >= 15 is 0 Å². The van der Waals surface area contributed by atoms with Gasteiger partial charge < -0.3 is 15.5 Å². The summed E-state index contributed by atoms with van der Waals surface area (Å²) in [6.45, 7) is 1.22. The molecule has 0 bridgehead atoms. The lowest BCUT2D eigenvalue weighted by atomic mass is 9.84. The van der Waals surface area contributed by atoms with E-state index in [9.17, 15) is 9.59 Å². The van der Waals surface area contributed by atoms with Crippen LogP contribution in [-0.4, -0.2) is 51.2 Å². The molecule has 0 unspecified atom stereocenters. The number of aromatic nitrogens is 2. The molecule has 32 heavy (non-hydrogen) atoms. The van der Waals surface area contributed by atoms with Crippen LogP contribution in [0.15, 0.2) is 36.7 Å². The molecular formula is C24H30ClN5O2. The average Bonchev–Trinajstić information content (AvgIpc) is 3.44. The monoisotopic (exact) mass is 455 g/mol. The van der Waals surface area contributed by atoms with E-state index in [0.717, 1.165) is 17.7 Å². The summed E-state index contributed by atoms with van der Waals surface area (Å²) >= 11 is 6.08. The van der Waals surface area contributed by atoms with Crippen molar-refractivity contribution in [3.8, 4) is 5.69 Å². The molecule has 1 aliphatic carbocycles. The molecule has 8 heteroatoms. The van der Waals surface area contributed by atoms with E-state index in [1.165, 1.54) is 32.1 Å². The van der Waals surface area contributed by atoms with Crippen molar-refractivity contribution in [2.75, 3.05) is 6.54 Å². The van der Waals surface area contributed by atoms with Crippen LogP contribution in [0.5, 0.6) is 0 Å². The number of fused-ring (bicyclic) bond motifs is 1. The first kappa shape index (κ1) is 21.5. The maximum atomic E-state index is 13.1. The molecule has 2 aliphatic heterocycles. The van der Waals surface area contributed by atoms with Crippen molar-refractivity contribution in [2.45, 2.75) is 69.6 Å². The van der Waals surface area contributed by atoms with Crippen molar-refractivity contribution in [3.05, 3.63) is 47.2 Å². The van der Waals surface area contributed by atoms with Crippen LogP contribution in [0.1, 0.15) is 50.5 Å². The number of halogens is 1. The van der Waals surface area contributed by atoms with Crippen LogP contribution in [0.25, 0.3) is 5.69 Å². The molecule has 2 N–H and O–H groups in total. The second kappa shape index (κ2) is 9.24. The Kier molecular flexibility index (Phi) is 6.20. The minimum atomic E-state index is -0.350. The highest BCUT2D eigenvalue weighted by atomic mass is 35.5. The zero-order valence-corrected chi connectivity index (χ0v) is 18.9. The van der Waals surface area contributed by atoms with Crippen LogP contribution in [0.3, 0.4) is 0 Å². The lowest BCUT2D eigenvalue weighted by Crippen LogP contribution is -2.61. The minimum Gasteiger partial charge on any atom is -0.342 e. The normalized spacial score (nSPS) is 26.3. The van der Waals surface area contributed by atoms with E-state index in [2.05, 4.69) is 15.7 Å².